The van der Waals surface area contributed by atoms with E-state index in [2.05, 4.69) is 10.1 Å². The molecule has 1 amide bonds. The lowest BCUT2D eigenvalue weighted by Crippen LogP contribution is -2.21. The Morgan fingerprint density at radius 3 is 2.13 bits per heavy atom. The first-order chi connectivity index (χ1) is 10.9. The molecular formula is C15H11F4NO3. The molecule has 0 spiro atoms. The lowest BCUT2D eigenvalue weighted by atomic mass is 10.3. The van der Waals surface area contributed by atoms with E-state index in [1.165, 1.54) is 19.2 Å². The summed E-state index contributed by atoms with van der Waals surface area (Å²) in [4.78, 5) is 11.6. The summed E-state index contributed by atoms with van der Waals surface area (Å²) in [5.74, 6) is -8.13. The average Bonchev–Trinajstić information content (AvgIpc) is 2.53. The zero-order valence-corrected chi connectivity index (χ0v) is 11.8. The SMILES string of the molecule is COc1ccc(NC(=O)COc2c(F)c(F)cc(F)c2F)cc1. The summed E-state index contributed by atoms with van der Waals surface area (Å²) in [5.41, 5.74) is 0.380. The number of rotatable bonds is 5. The molecule has 0 heterocycles. The normalized spacial score (nSPS) is 10.3. The summed E-state index contributed by atoms with van der Waals surface area (Å²) in [7, 11) is 1.47. The van der Waals surface area contributed by atoms with Crippen LogP contribution < -0.4 is 14.8 Å². The van der Waals surface area contributed by atoms with E-state index in [0.29, 0.717) is 11.4 Å². The lowest BCUT2D eigenvalue weighted by molar-refractivity contribution is -0.118. The molecular weight excluding hydrogens is 318 g/mol. The van der Waals surface area contributed by atoms with Crippen molar-refractivity contribution in [2.75, 3.05) is 19.0 Å². The minimum absolute atomic E-state index is 0.0505. The van der Waals surface area contributed by atoms with Gasteiger partial charge in [0.2, 0.25) is 11.6 Å². The second kappa shape index (κ2) is 6.99. The van der Waals surface area contributed by atoms with Crippen molar-refractivity contribution in [1.82, 2.24) is 0 Å². The number of ether oxygens (including phenoxy) is 2. The van der Waals surface area contributed by atoms with Crippen LogP contribution in [0.15, 0.2) is 30.3 Å². The first-order valence-electron chi connectivity index (χ1n) is 6.32. The summed E-state index contributed by atoms with van der Waals surface area (Å²) in [6.45, 7) is -0.831. The number of carbonyl (C=O) groups excluding carboxylic acids is 1. The van der Waals surface area contributed by atoms with Gasteiger partial charge in [0, 0.05) is 11.8 Å². The van der Waals surface area contributed by atoms with Gasteiger partial charge in [-0.15, -0.1) is 0 Å². The minimum Gasteiger partial charge on any atom is -0.497 e. The van der Waals surface area contributed by atoms with Gasteiger partial charge in [-0.25, -0.2) is 8.78 Å². The monoisotopic (exact) mass is 329 g/mol. The molecule has 122 valence electrons. The zero-order valence-electron chi connectivity index (χ0n) is 11.8. The van der Waals surface area contributed by atoms with Crippen molar-refractivity contribution < 1.29 is 31.8 Å². The average molecular weight is 329 g/mol. The summed E-state index contributed by atoms with van der Waals surface area (Å²) < 4.78 is 62.2. The van der Waals surface area contributed by atoms with Gasteiger partial charge in [-0.3, -0.25) is 4.79 Å². The van der Waals surface area contributed by atoms with E-state index in [9.17, 15) is 22.4 Å². The van der Waals surface area contributed by atoms with E-state index in [4.69, 9.17) is 4.74 Å². The number of hydrogen-bond acceptors (Lipinski definition) is 3. The molecule has 0 bridgehead atoms. The van der Waals surface area contributed by atoms with Gasteiger partial charge in [-0.2, -0.15) is 8.78 Å². The highest BCUT2D eigenvalue weighted by Gasteiger charge is 2.21. The number of nitrogens with one attached hydrogen (secondary N) is 1. The molecule has 23 heavy (non-hydrogen) atoms. The van der Waals surface area contributed by atoms with Crippen molar-refractivity contribution in [3.63, 3.8) is 0 Å². The Balaban J connectivity index is 2.02. The Bertz CT molecular complexity index is 693. The third kappa shape index (κ3) is 3.91. The number of amides is 1. The van der Waals surface area contributed by atoms with Crippen molar-refractivity contribution in [1.29, 1.82) is 0 Å². The molecule has 2 aromatic carbocycles. The smallest absolute Gasteiger partial charge is 0.262 e. The Morgan fingerprint density at radius 1 is 1.04 bits per heavy atom. The maximum atomic E-state index is 13.4. The van der Waals surface area contributed by atoms with Crippen molar-refractivity contribution >= 4 is 11.6 Å². The van der Waals surface area contributed by atoms with Gasteiger partial charge in [0.15, 0.2) is 24.0 Å². The summed E-state index contributed by atoms with van der Waals surface area (Å²) in [5, 5.41) is 2.38. The van der Waals surface area contributed by atoms with Crippen LogP contribution in [-0.2, 0) is 4.79 Å². The van der Waals surface area contributed by atoms with Gasteiger partial charge < -0.3 is 14.8 Å². The molecule has 0 radical (unpaired) electrons. The molecule has 0 saturated carbocycles. The number of hydrogen-bond donors (Lipinski definition) is 1. The fourth-order valence-electron chi connectivity index (χ4n) is 1.69. The fourth-order valence-corrected chi connectivity index (χ4v) is 1.69. The van der Waals surface area contributed by atoms with Crippen LogP contribution in [0, 0.1) is 23.3 Å². The van der Waals surface area contributed by atoms with Crippen molar-refractivity contribution in [3.8, 4) is 11.5 Å². The molecule has 0 unspecified atom stereocenters. The maximum absolute atomic E-state index is 13.4. The molecule has 0 atom stereocenters. The second-order valence-corrected chi connectivity index (χ2v) is 4.36. The highest BCUT2D eigenvalue weighted by molar-refractivity contribution is 5.91. The van der Waals surface area contributed by atoms with Crippen LogP contribution >= 0.6 is 0 Å². The molecule has 0 fully saturated rings. The molecule has 1 N–H and O–H groups in total. The van der Waals surface area contributed by atoms with Gasteiger partial charge in [0.05, 0.1) is 7.11 Å². The molecule has 0 aliphatic heterocycles. The number of anilines is 1. The number of carbonyl (C=O) groups is 1. The van der Waals surface area contributed by atoms with Crippen LogP contribution in [0.2, 0.25) is 0 Å². The molecule has 8 heteroatoms. The molecule has 2 rings (SSSR count). The predicted octanol–water partition coefficient (Wildman–Crippen LogP) is 3.27. The van der Waals surface area contributed by atoms with Crippen molar-refractivity contribution in [2.45, 2.75) is 0 Å². The van der Waals surface area contributed by atoms with Crippen LogP contribution in [0.25, 0.3) is 0 Å². The molecule has 0 aliphatic rings. The Morgan fingerprint density at radius 2 is 1.61 bits per heavy atom. The third-order valence-corrected chi connectivity index (χ3v) is 2.79. The molecule has 0 aromatic heterocycles. The van der Waals surface area contributed by atoms with E-state index in [1.807, 2.05) is 0 Å². The standard InChI is InChI=1S/C15H11F4NO3/c1-22-9-4-2-8(3-5-9)20-12(21)7-23-15-13(18)10(16)6-11(17)14(15)19/h2-6H,7H2,1H3,(H,20,21). The number of halogens is 4. The minimum atomic E-state index is -1.71. The highest BCUT2D eigenvalue weighted by atomic mass is 19.2. The largest absolute Gasteiger partial charge is 0.497 e. The Hall–Kier alpha value is -2.77. The molecule has 0 saturated heterocycles. The van der Waals surface area contributed by atoms with Gasteiger partial charge in [0.1, 0.15) is 5.75 Å². The summed E-state index contributed by atoms with van der Waals surface area (Å²) in [6, 6.07) is 6.27. The molecule has 2 aromatic rings. The van der Waals surface area contributed by atoms with E-state index in [1.54, 1.807) is 12.1 Å². The highest BCUT2D eigenvalue weighted by Crippen LogP contribution is 2.26. The van der Waals surface area contributed by atoms with Crippen molar-refractivity contribution in [2.24, 2.45) is 0 Å². The first-order valence-corrected chi connectivity index (χ1v) is 6.32. The zero-order chi connectivity index (χ0) is 17.0. The van der Waals surface area contributed by atoms with E-state index >= 15 is 0 Å². The maximum Gasteiger partial charge on any atom is 0.262 e. The van der Waals surface area contributed by atoms with Crippen LogP contribution in [-0.4, -0.2) is 19.6 Å². The summed E-state index contributed by atoms with van der Waals surface area (Å²) >= 11 is 0. The van der Waals surface area contributed by atoms with Crippen LogP contribution in [0.1, 0.15) is 0 Å². The quantitative estimate of drug-likeness (QED) is 0.676. The number of methoxy groups -OCH3 is 1. The van der Waals surface area contributed by atoms with Gasteiger partial charge in [-0.1, -0.05) is 0 Å². The van der Waals surface area contributed by atoms with Crippen LogP contribution in [0.5, 0.6) is 11.5 Å². The topological polar surface area (TPSA) is 47.6 Å². The van der Waals surface area contributed by atoms with E-state index < -0.39 is 41.5 Å². The summed E-state index contributed by atoms with van der Waals surface area (Å²) in [6.07, 6.45) is 0. The second-order valence-electron chi connectivity index (χ2n) is 4.36. The lowest BCUT2D eigenvalue weighted by Gasteiger charge is -2.10. The van der Waals surface area contributed by atoms with E-state index in [0.717, 1.165) is 0 Å². The van der Waals surface area contributed by atoms with Crippen molar-refractivity contribution in [3.05, 3.63) is 53.6 Å². The van der Waals surface area contributed by atoms with Gasteiger partial charge in [-0.05, 0) is 24.3 Å². The van der Waals surface area contributed by atoms with Crippen LogP contribution in [0.3, 0.4) is 0 Å². The third-order valence-electron chi connectivity index (χ3n) is 2.79. The fraction of sp³-hybridized carbons (Fsp3) is 0.133. The molecule has 0 aliphatic carbocycles. The van der Waals surface area contributed by atoms with E-state index in [-0.39, 0.29) is 6.07 Å². The Labute approximate surface area is 128 Å². The molecule has 4 nitrogen and oxygen atoms in total. The Kier molecular flexibility index (Phi) is 5.05. The van der Waals surface area contributed by atoms with Gasteiger partial charge >= 0.3 is 0 Å². The number of benzene rings is 2. The van der Waals surface area contributed by atoms with Crippen LogP contribution in [0.4, 0.5) is 23.2 Å². The van der Waals surface area contributed by atoms with Gasteiger partial charge in [0.25, 0.3) is 5.91 Å². The first kappa shape index (κ1) is 16.6. The predicted molar refractivity (Wildman–Crippen MR) is 73.4 cm³/mol.